The molecule has 27 heavy (non-hydrogen) atoms. The van der Waals surface area contributed by atoms with Crippen LogP contribution in [0.25, 0.3) is 10.2 Å². The number of amides is 1. The third-order valence-corrected chi connectivity index (χ3v) is 5.83. The van der Waals surface area contributed by atoms with Gasteiger partial charge in [-0.1, -0.05) is 18.7 Å². The fourth-order valence-electron chi connectivity index (χ4n) is 2.76. The standard InChI is InChI=1S/C18H17N3O4S2/c1-2-6-21-17(23)16-12(5-7-26-16)20-18(21)27-9-15(22)19-11-3-4-13-14(8-11)25-10-24-13/h3-5,7-8H,2,6,9-10H2,1H3,(H,19,22). The molecule has 0 saturated carbocycles. The molecule has 2 aromatic heterocycles. The van der Waals surface area contributed by atoms with Crippen LogP contribution < -0.4 is 20.3 Å². The monoisotopic (exact) mass is 403 g/mol. The molecule has 1 aliphatic rings. The Hall–Kier alpha value is -2.52. The molecule has 0 radical (unpaired) electrons. The molecule has 3 heterocycles. The summed E-state index contributed by atoms with van der Waals surface area (Å²) in [5, 5.41) is 5.25. The highest BCUT2D eigenvalue weighted by atomic mass is 32.2. The van der Waals surface area contributed by atoms with Crippen molar-refractivity contribution >= 4 is 44.9 Å². The average molecular weight is 403 g/mol. The lowest BCUT2D eigenvalue weighted by atomic mass is 10.3. The van der Waals surface area contributed by atoms with Crippen LogP contribution in [0.5, 0.6) is 11.5 Å². The van der Waals surface area contributed by atoms with Gasteiger partial charge in [0.1, 0.15) is 4.70 Å². The number of rotatable bonds is 6. The van der Waals surface area contributed by atoms with Crippen molar-refractivity contribution in [2.24, 2.45) is 0 Å². The molecule has 1 aliphatic heterocycles. The number of thiophene rings is 1. The molecule has 4 rings (SSSR count). The first kappa shape index (κ1) is 17.9. The second-order valence-electron chi connectivity index (χ2n) is 5.89. The van der Waals surface area contributed by atoms with Gasteiger partial charge in [0, 0.05) is 18.3 Å². The number of thioether (sulfide) groups is 1. The van der Waals surface area contributed by atoms with E-state index < -0.39 is 0 Å². The first-order chi connectivity index (χ1) is 13.2. The lowest BCUT2D eigenvalue weighted by Crippen LogP contribution is -2.23. The van der Waals surface area contributed by atoms with E-state index in [9.17, 15) is 9.59 Å². The number of nitrogens with one attached hydrogen (secondary N) is 1. The number of carbonyl (C=O) groups excluding carboxylic acids is 1. The van der Waals surface area contributed by atoms with E-state index in [1.807, 2.05) is 18.4 Å². The van der Waals surface area contributed by atoms with Crippen LogP contribution in [0.2, 0.25) is 0 Å². The van der Waals surface area contributed by atoms with E-state index in [0.717, 1.165) is 6.42 Å². The summed E-state index contributed by atoms with van der Waals surface area (Å²) in [5.41, 5.74) is 1.27. The zero-order valence-electron chi connectivity index (χ0n) is 14.6. The molecule has 140 valence electrons. The van der Waals surface area contributed by atoms with Gasteiger partial charge >= 0.3 is 0 Å². The van der Waals surface area contributed by atoms with Gasteiger partial charge in [0.25, 0.3) is 5.56 Å². The Labute approximate surface area is 163 Å². The van der Waals surface area contributed by atoms with E-state index in [0.29, 0.717) is 39.1 Å². The molecule has 0 spiro atoms. The number of carbonyl (C=O) groups is 1. The normalized spacial score (nSPS) is 12.5. The summed E-state index contributed by atoms with van der Waals surface area (Å²) < 4.78 is 12.9. The molecule has 0 bridgehead atoms. The zero-order valence-corrected chi connectivity index (χ0v) is 16.2. The second kappa shape index (κ2) is 7.61. The Morgan fingerprint density at radius 1 is 1.33 bits per heavy atom. The van der Waals surface area contributed by atoms with E-state index >= 15 is 0 Å². The highest BCUT2D eigenvalue weighted by Gasteiger charge is 2.16. The van der Waals surface area contributed by atoms with Gasteiger partial charge in [-0.05, 0) is 30.0 Å². The SMILES string of the molecule is CCCn1c(SCC(=O)Nc2ccc3c(c2)OCO3)nc2ccsc2c1=O. The molecule has 0 atom stereocenters. The fourth-order valence-corrected chi connectivity index (χ4v) is 4.36. The summed E-state index contributed by atoms with van der Waals surface area (Å²) in [6.45, 7) is 2.77. The fraction of sp³-hybridized carbons (Fsp3) is 0.278. The van der Waals surface area contributed by atoms with Crippen molar-refractivity contribution in [3.05, 3.63) is 40.0 Å². The largest absolute Gasteiger partial charge is 0.454 e. The second-order valence-corrected chi connectivity index (χ2v) is 7.75. The summed E-state index contributed by atoms with van der Waals surface area (Å²) in [4.78, 5) is 29.5. The number of fused-ring (bicyclic) bond motifs is 2. The topological polar surface area (TPSA) is 82.5 Å². The minimum Gasteiger partial charge on any atom is -0.454 e. The van der Waals surface area contributed by atoms with Crippen LogP contribution >= 0.6 is 23.1 Å². The molecule has 7 nitrogen and oxygen atoms in total. The van der Waals surface area contributed by atoms with Crippen LogP contribution in [0.15, 0.2) is 39.6 Å². The van der Waals surface area contributed by atoms with Crippen molar-refractivity contribution in [2.45, 2.75) is 25.0 Å². The third kappa shape index (κ3) is 3.65. The van der Waals surface area contributed by atoms with Crippen LogP contribution in [-0.4, -0.2) is 28.0 Å². The van der Waals surface area contributed by atoms with E-state index in [-0.39, 0.29) is 24.0 Å². The van der Waals surface area contributed by atoms with Crippen LogP contribution in [0, 0.1) is 0 Å². The molecule has 1 N–H and O–H groups in total. The van der Waals surface area contributed by atoms with E-state index in [1.54, 1.807) is 22.8 Å². The minimum absolute atomic E-state index is 0.0458. The van der Waals surface area contributed by atoms with Crippen molar-refractivity contribution in [1.29, 1.82) is 0 Å². The quantitative estimate of drug-likeness (QED) is 0.502. The van der Waals surface area contributed by atoms with Crippen molar-refractivity contribution < 1.29 is 14.3 Å². The van der Waals surface area contributed by atoms with Gasteiger partial charge in [-0.3, -0.25) is 14.2 Å². The summed E-state index contributed by atoms with van der Waals surface area (Å²) in [5.74, 6) is 1.25. The molecule has 9 heteroatoms. The van der Waals surface area contributed by atoms with Crippen molar-refractivity contribution in [1.82, 2.24) is 9.55 Å². The molecule has 3 aromatic rings. The number of hydrogen-bond donors (Lipinski definition) is 1. The van der Waals surface area contributed by atoms with Gasteiger partial charge in [0.2, 0.25) is 12.7 Å². The maximum absolute atomic E-state index is 12.6. The smallest absolute Gasteiger partial charge is 0.272 e. The Kier molecular flexibility index (Phi) is 5.04. The van der Waals surface area contributed by atoms with E-state index in [1.165, 1.54) is 23.1 Å². The van der Waals surface area contributed by atoms with Gasteiger partial charge in [-0.15, -0.1) is 11.3 Å². The molecular formula is C18H17N3O4S2. The van der Waals surface area contributed by atoms with Crippen molar-refractivity contribution in [2.75, 3.05) is 17.9 Å². The summed E-state index contributed by atoms with van der Waals surface area (Å²) in [6.07, 6.45) is 0.815. The van der Waals surface area contributed by atoms with Gasteiger partial charge in [-0.2, -0.15) is 0 Å². The van der Waals surface area contributed by atoms with Crippen molar-refractivity contribution in [3.8, 4) is 11.5 Å². The molecule has 0 saturated heterocycles. The number of aromatic nitrogens is 2. The van der Waals surface area contributed by atoms with Crippen LogP contribution in [0.4, 0.5) is 5.69 Å². The lowest BCUT2D eigenvalue weighted by molar-refractivity contribution is -0.113. The van der Waals surface area contributed by atoms with E-state index in [4.69, 9.17) is 9.47 Å². The van der Waals surface area contributed by atoms with Crippen LogP contribution in [0.1, 0.15) is 13.3 Å². The Morgan fingerprint density at radius 3 is 3.04 bits per heavy atom. The summed E-state index contributed by atoms with van der Waals surface area (Å²) in [6, 6.07) is 7.08. The summed E-state index contributed by atoms with van der Waals surface area (Å²) >= 11 is 2.65. The Morgan fingerprint density at radius 2 is 2.19 bits per heavy atom. The van der Waals surface area contributed by atoms with Crippen molar-refractivity contribution in [3.63, 3.8) is 0 Å². The van der Waals surface area contributed by atoms with Gasteiger partial charge in [0.05, 0.1) is 11.3 Å². The molecule has 1 amide bonds. The maximum Gasteiger partial charge on any atom is 0.272 e. The van der Waals surface area contributed by atoms with Crippen LogP contribution in [-0.2, 0) is 11.3 Å². The lowest BCUT2D eigenvalue weighted by Gasteiger charge is -2.11. The number of nitrogens with zero attached hydrogens (tertiary/aromatic N) is 2. The van der Waals surface area contributed by atoms with Gasteiger partial charge in [-0.25, -0.2) is 4.98 Å². The first-order valence-corrected chi connectivity index (χ1v) is 10.3. The highest BCUT2D eigenvalue weighted by Crippen LogP contribution is 2.34. The number of anilines is 1. The van der Waals surface area contributed by atoms with Gasteiger partial charge in [0.15, 0.2) is 16.7 Å². The Balaban J connectivity index is 1.48. The Bertz CT molecular complexity index is 1060. The number of ether oxygens (including phenoxy) is 2. The highest BCUT2D eigenvalue weighted by molar-refractivity contribution is 7.99. The minimum atomic E-state index is -0.179. The predicted octanol–water partition coefficient (Wildman–Crippen LogP) is 3.33. The van der Waals surface area contributed by atoms with Crippen LogP contribution in [0.3, 0.4) is 0 Å². The predicted molar refractivity (Wildman–Crippen MR) is 106 cm³/mol. The average Bonchev–Trinajstić information content (AvgIpc) is 3.31. The summed E-state index contributed by atoms with van der Waals surface area (Å²) in [7, 11) is 0. The first-order valence-electron chi connectivity index (χ1n) is 8.46. The molecule has 0 fully saturated rings. The number of benzene rings is 1. The third-order valence-electron chi connectivity index (χ3n) is 3.97. The van der Waals surface area contributed by atoms with E-state index in [2.05, 4.69) is 10.3 Å². The zero-order chi connectivity index (χ0) is 18.8. The molecule has 1 aromatic carbocycles. The molecular weight excluding hydrogens is 386 g/mol. The molecule has 0 aliphatic carbocycles. The number of hydrogen-bond acceptors (Lipinski definition) is 7. The van der Waals surface area contributed by atoms with Gasteiger partial charge < -0.3 is 14.8 Å². The maximum atomic E-state index is 12.6. The molecule has 0 unspecified atom stereocenters.